The highest BCUT2D eigenvalue weighted by molar-refractivity contribution is 5.74. The third-order valence-electron chi connectivity index (χ3n) is 1.51. The van der Waals surface area contributed by atoms with Crippen molar-refractivity contribution in [2.45, 2.75) is 0 Å². The van der Waals surface area contributed by atoms with Crippen molar-refractivity contribution in [2.24, 2.45) is 0 Å². The molecule has 3 nitrogen and oxygen atoms in total. The fourth-order valence-corrected chi connectivity index (χ4v) is 0.897. The van der Waals surface area contributed by atoms with Gasteiger partial charge >= 0.3 is 0 Å². The van der Waals surface area contributed by atoms with Crippen molar-refractivity contribution in [2.75, 3.05) is 0 Å². The van der Waals surface area contributed by atoms with Crippen LogP contribution < -0.4 is 0 Å². The largest absolute Gasteiger partial charge is 0.507 e. The van der Waals surface area contributed by atoms with Crippen molar-refractivity contribution in [1.29, 1.82) is 5.26 Å². The van der Waals surface area contributed by atoms with Crippen LogP contribution in [-0.2, 0) is 4.79 Å². The van der Waals surface area contributed by atoms with Crippen LogP contribution in [0.3, 0.4) is 0 Å². The summed E-state index contributed by atoms with van der Waals surface area (Å²) in [5, 5.41) is 17.7. The first-order valence-electron chi connectivity index (χ1n) is 3.63. The number of benzene rings is 1. The predicted octanol–water partition coefficient (Wildman–Crippen LogP) is 1.48. The Bertz CT molecular complexity index is 388. The third-order valence-corrected chi connectivity index (χ3v) is 1.51. The summed E-state index contributed by atoms with van der Waals surface area (Å²) in [6.45, 7) is 0. The minimum atomic E-state index is -0.0736. The first-order valence-corrected chi connectivity index (χ1v) is 3.63. The van der Waals surface area contributed by atoms with E-state index in [0.717, 1.165) is 0 Å². The summed E-state index contributed by atoms with van der Waals surface area (Å²) in [6, 6.07) is 6.41. The number of phenolic OH excluding ortho intramolecular Hbond substituents is 1. The van der Waals surface area contributed by atoms with E-state index >= 15 is 0 Å². The number of hydrogen-bond donors (Lipinski definition) is 1. The summed E-state index contributed by atoms with van der Waals surface area (Å²) in [7, 11) is 0. The van der Waals surface area contributed by atoms with Gasteiger partial charge in [-0.1, -0.05) is 12.1 Å². The lowest BCUT2D eigenvalue weighted by atomic mass is 10.1. The number of carbonyl (C=O) groups is 1. The van der Waals surface area contributed by atoms with Gasteiger partial charge in [0, 0.05) is 0 Å². The molecule has 0 bridgehead atoms. The van der Waals surface area contributed by atoms with Crippen LogP contribution in [-0.4, -0.2) is 11.4 Å². The van der Waals surface area contributed by atoms with Crippen LogP contribution in [0, 0.1) is 11.3 Å². The Kier molecular flexibility index (Phi) is 2.82. The highest BCUT2D eigenvalue weighted by Gasteiger charge is 1.98. The summed E-state index contributed by atoms with van der Waals surface area (Å²) in [4.78, 5) is 9.98. The summed E-state index contributed by atoms with van der Waals surface area (Å²) >= 11 is 0. The molecule has 0 radical (unpaired) electrons. The van der Waals surface area contributed by atoms with E-state index in [1.54, 1.807) is 12.1 Å². The van der Waals surface area contributed by atoms with E-state index in [9.17, 15) is 9.90 Å². The second kappa shape index (κ2) is 4.07. The van der Waals surface area contributed by atoms with Crippen molar-refractivity contribution in [3.8, 4) is 11.8 Å². The van der Waals surface area contributed by atoms with Crippen molar-refractivity contribution < 1.29 is 9.90 Å². The number of nitrogens with zero attached hydrogens (tertiary/aromatic N) is 1. The Hall–Kier alpha value is -2.08. The van der Waals surface area contributed by atoms with Crippen LogP contribution in [0.1, 0.15) is 11.1 Å². The molecular formula is C10H7NO2. The molecule has 13 heavy (non-hydrogen) atoms. The Morgan fingerprint density at radius 3 is 2.77 bits per heavy atom. The number of carbonyl (C=O) groups excluding carboxylic acids is 1. The maximum atomic E-state index is 9.98. The molecule has 0 atom stereocenters. The number of rotatable bonds is 2. The van der Waals surface area contributed by atoms with Crippen molar-refractivity contribution in [3.05, 3.63) is 35.4 Å². The van der Waals surface area contributed by atoms with E-state index in [2.05, 4.69) is 0 Å². The third kappa shape index (κ3) is 2.17. The van der Waals surface area contributed by atoms with Crippen molar-refractivity contribution in [3.63, 3.8) is 0 Å². The van der Waals surface area contributed by atoms with Crippen LogP contribution in [0.25, 0.3) is 6.08 Å². The molecule has 1 aromatic rings. The zero-order chi connectivity index (χ0) is 9.68. The molecule has 3 heteroatoms. The first-order chi connectivity index (χ1) is 6.27. The number of hydrogen-bond acceptors (Lipinski definition) is 3. The lowest BCUT2D eigenvalue weighted by molar-refractivity contribution is -0.104. The maximum Gasteiger partial charge on any atom is 0.142 e. The van der Waals surface area contributed by atoms with E-state index in [-0.39, 0.29) is 11.3 Å². The number of allylic oxidation sites excluding steroid dienone is 1. The van der Waals surface area contributed by atoms with Crippen LogP contribution in [0.5, 0.6) is 5.75 Å². The SMILES string of the molecule is N#Cc1ccc(C=CC=O)cc1O. The number of nitriles is 1. The van der Waals surface area contributed by atoms with Crippen LogP contribution in [0.4, 0.5) is 0 Å². The molecule has 0 saturated carbocycles. The molecule has 64 valence electrons. The average molecular weight is 173 g/mol. The van der Waals surface area contributed by atoms with Gasteiger partial charge < -0.3 is 5.11 Å². The van der Waals surface area contributed by atoms with E-state index in [4.69, 9.17) is 5.26 Å². The van der Waals surface area contributed by atoms with Gasteiger partial charge in [-0.3, -0.25) is 4.79 Å². The normalized spacial score (nSPS) is 9.77. The van der Waals surface area contributed by atoms with Gasteiger partial charge in [0.15, 0.2) is 0 Å². The highest BCUT2D eigenvalue weighted by atomic mass is 16.3. The highest BCUT2D eigenvalue weighted by Crippen LogP contribution is 2.18. The zero-order valence-electron chi connectivity index (χ0n) is 6.77. The second-order valence-corrected chi connectivity index (χ2v) is 2.38. The Balaban J connectivity index is 3.04. The van der Waals surface area contributed by atoms with Gasteiger partial charge in [0.05, 0.1) is 5.56 Å². The first kappa shape index (κ1) is 9.01. The van der Waals surface area contributed by atoms with Gasteiger partial charge in [-0.05, 0) is 23.8 Å². The number of aromatic hydroxyl groups is 1. The standard InChI is InChI=1S/C10H7NO2/c11-7-9-4-3-8(2-1-5-12)6-10(9)13/h1-6,13H. The second-order valence-electron chi connectivity index (χ2n) is 2.38. The molecule has 0 heterocycles. The molecule has 0 spiro atoms. The van der Waals surface area contributed by atoms with Gasteiger partial charge in [-0.2, -0.15) is 5.26 Å². The van der Waals surface area contributed by atoms with E-state index in [1.807, 2.05) is 6.07 Å². The topological polar surface area (TPSA) is 61.1 Å². The molecule has 1 aromatic carbocycles. The van der Waals surface area contributed by atoms with Gasteiger partial charge in [0.2, 0.25) is 0 Å². The molecule has 0 aliphatic rings. The molecule has 0 aromatic heterocycles. The summed E-state index contributed by atoms with van der Waals surface area (Å²) in [5.74, 6) is -0.0736. The summed E-state index contributed by atoms with van der Waals surface area (Å²) < 4.78 is 0. The van der Waals surface area contributed by atoms with Crippen LogP contribution >= 0.6 is 0 Å². The molecule has 1 N–H and O–H groups in total. The lowest BCUT2D eigenvalue weighted by Crippen LogP contribution is -1.78. The summed E-state index contributed by atoms with van der Waals surface area (Å²) in [5.41, 5.74) is 0.909. The van der Waals surface area contributed by atoms with E-state index < -0.39 is 0 Å². The number of phenols is 1. The Morgan fingerprint density at radius 2 is 2.23 bits per heavy atom. The van der Waals surface area contributed by atoms with Crippen molar-refractivity contribution in [1.82, 2.24) is 0 Å². The maximum absolute atomic E-state index is 9.98. The predicted molar refractivity (Wildman–Crippen MR) is 47.9 cm³/mol. The Labute approximate surface area is 75.5 Å². The van der Waals surface area contributed by atoms with Gasteiger partial charge in [0.25, 0.3) is 0 Å². The van der Waals surface area contributed by atoms with Crippen LogP contribution in [0.15, 0.2) is 24.3 Å². The van der Waals surface area contributed by atoms with Crippen LogP contribution in [0.2, 0.25) is 0 Å². The smallest absolute Gasteiger partial charge is 0.142 e. The molecule has 0 saturated heterocycles. The lowest BCUT2D eigenvalue weighted by Gasteiger charge is -1.96. The number of aldehydes is 1. The molecule has 0 amide bonds. The van der Waals surface area contributed by atoms with Gasteiger partial charge in [-0.15, -0.1) is 0 Å². The molecule has 0 aliphatic heterocycles. The van der Waals surface area contributed by atoms with Gasteiger partial charge in [-0.25, -0.2) is 0 Å². The molecule has 0 aliphatic carbocycles. The molecule has 0 unspecified atom stereocenters. The van der Waals surface area contributed by atoms with Gasteiger partial charge in [0.1, 0.15) is 18.1 Å². The Morgan fingerprint density at radius 1 is 1.46 bits per heavy atom. The minimum absolute atomic E-state index is 0.0736. The van der Waals surface area contributed by atoms with Crippen molar-refractivity contribution >= 4 is 12.4 Å². The fraction of sp³-hybridized carbons (Fsp3) is 0. The average Bonchev–Trinajstić information content (AvgIpc) is 2.15. The minimum Gasteiger partial charge on any atom is -0.507 e. The van der Waals surface area contributed by atoms with E-state index in [0.29, 0.717) is 11.8 Å². The molecular weight excluding hydrogens is 166 g/mol. The molecule has 0 fully saturated rings. The summed E-state index contributed by atoms with van der Waals surface area (Å²) in [6.07, 6.45) is 3.52. The monoisotopic (exact) mass is 173 g/mol. The fourth-order valence-electron chi connectivity index (χ4n) is 0.897. The zero-order valence-corrected chi connectivity index (χ0v) is 6.77. The molecule has 1 rings (SSSR count). The quantitative estimate of drug-likeness (QED) is 0.544. The van der Waals surface area contributed by atoms with E-state index in [1.165, 1.54) is 18.2 Å².